The number of benzene rings is 1. The molecular formula is C18H14N8O2. The van der Waals surface area contributed by atoms with E-state index in [-0.39, 0.29) is 6.61 Å². The SMILES string of the molecule is Cn1ncnc1COc1nn2c(-c3ccccc3)nnc2cc1-c1ncco1. The molecule has 0 radical (unpaired) electrons. The van der Waals surface area contributed by atoms with Gasteiger partial charge in [-0.3, -0.25) is 4.68 Å². The van der Waals surface area contributed by atoms with Crippen LogP contribution in [0.4, 0.5) is 0 Å². The molecule has 0 aliphatic carbocycles. The fourth-order valence-electron chi connectivity index (χ4n) is 2.78. The van der Waals surface area contributed by atoms with Gasteiger partial charge in [0.05, 0.1) is 6.20 Å². The molecule has 0 atom stereocenters. The summed E-state index contributed by atoms with van der Waals surface area (Å²) >= 11 is 0. The first kappa shape index (κ1) is 16.1. The summed E-state index contributed by atoms with van der Waals surface area (Å²) in [5, 5.41) is 17.2. The van der Waals surface area contributed by atoms with Crippen LogP contribution < -0.4 is 4.74 Å². The van der Waals surface area contributed by atoms with Crippen LogP contribution >= 0.6 is 0 Å². The zero-order valence-electron chi connectivity index (χ0n) is 14.8. The summed E-state index contributed by atoms with van der Waals surface area (Å²) in [4.78, 5) is 8.37. The third-order valence-electron chi connectivity index (χ3n) is 4.20. The molecule has 0 saturated heterocycles. The summed E-state index contributed by atoms with van der Waals surface area (Å²) in [5.41, 5.74) is 2.02. The molecule has 5 aromatic rings. The maximum absolute atomic E-state index is 5.94. The van der Waals surface area contributed by atoms with Crippen LogP contribution in [0.3, 0.4) is 0 Å². The Kier molecular flexibility index (Phi) is 3.79. The maximum Gasteiger partial charge on any atom is 0.245 e. The second-order valence-corrected chi connectivity index (χ2v) is 5.95. The van der Waals surface area contributed by atoms with Gasteiger partial charge in [-0.15, -0.1) is 15.3 Å². The molecule has 10 nitrogen and oxygen atoms in total. The van der Waals surface area contributed by atoms with Crippen molar-refractivity contribution in [1.29, 1.82) is 0 Å². The smallest absolute Gasteiger partial charge is 0.245 e. The Balaban J connectivity index is 1.62. The van der Waals surface area contributed by atoms with Crippen LogP contribution in [0.15, 0.2) is 59.6 Å². The summed E-state index contributed by atoms with van der Waals surface area (Å²) in [5.74, 6) is 1.98. The van der Waals surface area contributed by atoms with E-state index in [1.165, 1.54) is 12.6 Å². The Morgan fingerprint density at radius 1 is 1.11 bits per heavy atom. The van der Waals surface area contributed by atoms with Gasteiger partial charge in [0.2, 0.25) is 11.8 Å². The maximum atomic E-state index is 5.94. The van der Waals surface area contributed by atoms with E-state index in [0.29, 0.717) is 34.6 Å². The van der Waals surface area contributed by atoms with Gasteiger partial charge in [-0.1, -0.05) is 30.3 Å². The van der Waals surface area contributed by atoms with Crippen LogP contribution in [-0.4, -0.2) is 39.6 Å². The number of nitrogens with zero attached hydrogens (tertiary/aromatic N) is 8. The molecule has 0 unspecified atom stereocenters. The van der Waals surface area contributed by atoms with Gasteiger partial charge in [0, 0.05) is 18.7 Å². The first-order chi connectivity index (χ1) is 13.8. The van der Waals surface area contributed by atoms with Gasteiger partial charge in [-0.25, -0.2) is 9.97 Å². The van der Waals surface area contributed by atoms with Crippen molar-refractivity contribution in [2.75, 3.05) is 0 Å². The number of hydrogen-bond donors (Lipinski definition) is 0. The molecule has 0 bridgehead atoms. The fraction of sp³-hybridized carbons (Fsp3) is 0.111. The first-order valence-electron chi connectivity index (χ1n) is 8.47. The van der Waals surface area contributed by atoms with Gasteiger partial charge in [0.15, 0.2) is 17.3 Å². The summed E-state index contributed by atoms with van der Waals surface area (Å²) in [6, 6.07) is 11.5. The Labute approximate surface area is 158 Å². The predicted molar refractivity (Wildman–Crippen MR) is 97.1 cm³/mol. The van der Waals surface area contributed by atoms with Crippen molar-refractivity contribution >= 4 is 5.65 Å². The number of hydrogen-bond acceptors (Lipinski definition) is 8. The highest BCUT2D eigenvalue weighted by Gasteiger charge is 2.19. The van der Waals surface area contributed by atoms with Crippen molar-refractivity contribution in [1.82, 2.24) is 39.6 Å². The zero-order chi connectivity index (χ0) is 18.9. The fourth-order valence-corrected chi connectivity index (χ4v) is 2.78. The molecule has 0 N–H and O–H groups in total. The highest BCUT2D eigenvalue weighted by Crippen LogP contribution is 2.29. The molecule has 4 heterocycles. The Bertz CT molecular complexity index is 1230. The van der Waals surface area contributed by atoms with Crippen molar-refractivity contribution in [3.63, 3.8) is 0 Å². The van der Waals surface area contributed by atoms with Crippen LogP contribution in [0.2, 0.25) is 0 Å². The lowest BCUT2D eigenvalue weighted by atomic mass is 10.2. The van der Waals surface area contributed by atoms with Crippen LogP contribution in [0.5, 0.6) is 5.88 Å². The molecule has 0 amide bonds. The molecule has 28 heavy (non-hydrogen) atoms. The van der Waals surface area contributed by atoms with Crippen LogP contribution in [-0.2, 0) is 13.7 Å². The molecule has 1 aromatic carbocycles. The van der Waals surface area contributed by atoms with Crippen LogP contribution in [0.1, 0.15) is 5.82 Å². The monoisotopic (exact) mass is 374 g/mol. The largest absolute Gasteiger partial charge is 0.468 e. The third kappa shape index (κ3) is 2.76. The third-order valence-corrected chi connectivity index (χ3v) is 4.20. The van der Waals surface area contributed by atoms with E-state index < -0.39 is 0 Å². The molecular weight excluding hydrogens is 360 g/mol. The second kappa shape index (κ2) is 6.58. The summed E-state index contributed by atoms with van der Waals surface area (Å²) in [7, 11) is 1.80. The summed E-state index contributed by atoms with van der Waals surface area (Å²) < 4.78 is 14.7. The zero-order valence-corrected chi connectivity index (χ0v) is 14.8. The van der Waals surface area contributed by atoms with Crippen molar-refractivity contribution in [2.24, 2.45) is 7.05 Å². The Hall–Kier alpha value is -4.08. The van der Waals surface area contributed by atoms with Crippen LogP contribution in [0, 0.1) is 0 Å². The number of ether oxygens (including phenoxy) is 1. The van der Waals surface area contributed by atoms with Crippen molar-refractivity contribution in [2.45, 2.75) is 6.61 Å². The number of fused-ring (bicyclic) bond motifs is 1. The van der Waals surface area contributed by atoms with E-state index in [9.17, 15) is 0 Å². The number of oxazole rings is 1. The predicted octanol–water partition coefficient (Wildman–Crippen LogP) is 2.15. The van der Waals surface area contributed by atoms with E-state index in [1.54, 1.807) is 28.5 Å². The quantitative estimate of drug-likeness (QED) is 0.460. The standard InChI is InChI=1S/C18H14N8O2/c1-25-15(20-11-21-25)10-28-18-13(17-19-7-8-27-17)9-14-22-23-16(26(14)24-18)12-5-3-2-4-6-12/h2-9,11H,10H2,1H3. The molecule has 0 aliphatic rings. The van der Waals surface area contributed by atoms with E-state index in [1.807, 2.05) is 30.3 Å². The molecule has 0 spiro atoms. The minimum absolute atomic E-state index is 0.186. The highest BCUT2D eigenvalue weighted by molar-refractivity contribution is 5.67. The second-order valence-electron chi connectivity index (χ2n) is 5.95. The molecule has 138 valence electrons. The van der Waals surface area contributed by atoms with Gasteiger partial charge in [0.1, 0.15) is 24.8 Å². The average molecular weight is 374 g/mol. The van der Waals surface area contributed by atoms with Gasteiger partial charge in [-0.05, 0) is 0 Å². The number of rotatable bonds is 5. The van der Waals surface area contributed by atoms with E-state index >= 15 is 0 Å². The molecule has 0 fully saturated rings. The van der Waals surface area contributed by atoms with E-state index in [4.69, 9.17) is 9.15 Å². The Morgan fingerprint density at radius 2 is 2.00 bits per heavy atom. The van der Waals surface area contributed by atoms with Crippen LogP contribution in [0.25, 0.3) is 28.5 Å². The minimum atomic E-state index is 0.186. The van der Waals surface area contributed by atoms with Gasteiger partial charge in [0.25, 0.3) is 0 Å². The molecule has 4 aromatic heterocycles. The average Bonchev–Trinajstić information content (AvgIpc) is 3.47. The normalized spacial score (nSPS) is 11.2. The van der Waals surface area contributed by atoms with E-state index in [0.717, 1.165) is 5.56 Å². The van der Waals surface area contributed by atoms with Gasteiger partial charge >= 0.3 is 0 Å². The number of aromatic nitrogens is 8. The van der Waals surface area contributed by atoms with Crippen molar-refractivity contribution in [3.05, 3.63) is 61.0 Å². The number of aryl methyl sites for hydroxylation is 1. The first-order valence-corrected chi connectivity index (χ1v) is 8.47. The lowest BCUT2D eigenvalue weighted by Crippen LogP contribution is -2.08. The lowest BCUT2D eigenvalue weighted by Gasteiger charge is -2.09. The molecule has 0 saturated carbocycles. The summed E-state index contributed by atoms with van der Waals surface area (Å²) in [6.45, 7) is 0.186. The summed E-state index contributed by atoms with van der Waals surface area (Å²) in [6.07, 6.45) is 4.52. The lowest BCUT2D eigenvalue weighted by molar-refractivity contribution is 0.275. The molecule has 10 heteroatoms. The molecule has 0 aliphatic heterocycles. The Morgan fingerprint density at radius 3 is 2.75 bits per heavy atom. The highest BCUT2D eigenvalue weighted by atomic mass is 16.5. The van der Waals surface area contributed by atoms with Crippen molar-refractivity contribution in [3.8, 4) is 28.7 Å². The topological polar surface area (TPSA) is 109 Å². The van der Waals surface area contributed by atoms with Crippen molar-refractivity contribution < 1.29 is 9.15 Å². The van der Waals surface area contributed by atoms with Gasteiger partial charge in [-0.2, -0.15) is 9.61 Å². The van der Waals surface area contributed by atoms with E-state index in [2.05, 4.69) is 30.4 Å². The molecule has 5 rings (SSSR count). The van der Waals surface area contributed by atoms with Gasteiger partial charge < -0.3 is 9.15 Å². The minimum Gasteiger partial charge on any atom is -0.468 e.